The summed E-state index contributed by atoms with van der Waals surface area (Å²) in [7, 11) is 1.95. The van der Waals surface area contributed by atoms with Crippen molar-refractivity contribution >= 4 is 11.9 Å². The first-order chi connectivity index (χ1) is 12.9. The number of quaternary nitrogens is 1. The molecule has 1 fully saturated rings. The molecule has 9 nitrogen and oxygen atoms in total. The van der Waals surface area contributed by atoms with Crippen molar-refractivity contribution in [2.24, 2.45) is 0 Å². The van der Waals surface area contributed by atoms with Crippen LogP contribution in [0.5, 0.6) is 0 Å². The van der Waals surface area contributed by atoms with Crippen molar-refractivity contribution < 1.29 is 33.2 Å². The van der Waals surface area contributed by atoms with Gasteiger partial charge in [0.15, 0.2) is 6.04 Å². The van der Waals surface area contributed by atoms with E-state index in [0.29, 0.717) is 30.2 Å². The minimum absolute atomic E-state index is 0.0962. The Labute approximate surface area is 154 Å². The highest BCUT2D eigenvalue weighted by Crippen LogP contribution is 2.22. The van der Waals surface area contributed by atoms with E-state index in [4.69, 9.17) is 9.26 Å². The highest BCUT2D eigenvalue weighted by atomic mass is 19.1. The van der Waals surface area contributed by atoms with E-state index in [1.165, 1.54) is 12.1 Å². The Morgan fingerprint density at radius 3 is 2.81 bits per heavy atom. The monoisotopic (exact) mass is 378 g/mol. The molecule has 1 aliphatic rings. The molecular weight excluding hydrogens is 359 g/mol. The highest BCUT2D eigenvalue weighted by Gasteiger charge is 2.39. The van der Waals surface area contributed by atoms with E-state index in [1.54, 1.807) is 12.1 Å². The zero-order valence-electron chi connectivity index (χ0n) is 14.6. The van der Waals surface area contributed by atoms with Crippen LogP contribution in [-0.2, 0) is 14.3 Å². The van der Waals surface area contributed by atoms with E-state index in [1.807, 2.05) is 7.05 Å². The maximum absolute atomic E-state index is 13.0. The lowest BCUT2D eigenvalue weighted by Gasteiger charge is -2.11. The third kappa shape index (κ3) is 4.86. The van der Waals surface area contributed by atoms with E-state index < -0.39 is 18.5 Å². The molecule has 27 heavy (non-hydrogen) atoms. The molecule has 0 radical (unpaired) electrons. The number of benzene rings is 1. The zero-order chi connectivity index (χ0) is 19.4. The summed E-state index contributed by atoms with van der Waals surface area (Å²) in [6.45, 7) is -0.325. The van der Waals surface area contributed by atoms with Gasteiger partial charge in [0.25, 0.3) is 5.89 Å². The van der Waals surface area contributed by atoms with Gasteiger partial charge in [0.05, 0.1) is 32.2 Å². The lowest BCUT2D eigenvalue weighted by molar-refractivity contribution is -0.900. The largest absolute Gasteiger partial charge is 0.548 e. The normalized spacial score (nSPS) is 21.9. The van der Waals surface area contributed by atoms with Gasteiger partial charge in [-0.15, -0.1) is 0 Å². The van der Waals surface area contributed by atoms with Crippen molar-refractivity contribution in [1.29, 1.82) is 0 Å². The minimum Gasteiger partial charge on any atom is -0.548 e. The van der Waals surface area contributed by atoms with Crippen LogP contribution in [0, 0.1) is 5.82 Å². The quantitative estimate of drug-likeness (QED) is 0.576. The van der Waals surface area contributed by atoms with E-state index in [2.05, 4.69) is 15.5 Å². The second-order valence-electron chi connectivity index (χ2n) is 6.43. The van der Waals surface area contributed by atoms with Crippen LogP contribution >= 0.6 is 0 Å². The average molecular weight is 378 g/mol. The number of aliphatic carboxylic acids is 1. The van der Waals surface area contributed by atoms with E-state index in [9.17, 15) is 19.1 Å². The van der Waals surface area contributed by atoms with E-state index in [-0.39, 0.29) is 24.5 Å². The number of carboxylic acid groups (broad SMARTS) is 1. The van der Waals surface area contributed by atoms with Gasteiger partial charge >= 0.3 is 0 Å². The summed E-state index contributed by atoms with van der Waals surface area (Å²) in [6, 6.07) is 5.57. The first-order valence-electron chi connectivity index (χ1n) is 8.41. The fraction of sp³-hybridized carbons (Fsp3) is 0.412. The molecule has 1 amide bonds. The lowest BCUT2D eigenvalue weighted by atomic mass is 10.1. The van der Waals surface area contributed by atoms with Crippen LogP contribution in [0.25, 0.3) is 11.4 Å². The number of aromatic nitrogens is 2. The fourth-order valence-corrected chi connectivity index (χ4v) is 3.11. The molecule has 3 rings (SSSR count). The van der Waals surface area contributed by atoms with Crippen molar-refractivity contribution in [3.05, 3.63) is 36.0 Å². The Kier molecular flexibility index (Phi) is 5.77. The number of likely N-dealkylation sites (N-methyl/N-ethyl adjacent to an activating group) is 1. The standard InChI is InChI=1S/C17H19FN4O5/c1-22-7-12(19-14(23)8-26-9-15(24)25)6-13(22)17-20-16(21-27-17)10-2-4-11(18)5-3-10/h2-5,12-13H,6-9H2,1H3,(H,19,23)(H,24,25)/t12-,13-/m0/s1. The number of likely N-dealkylation sites (tertiary alicyclic amines) is 1. The van der Waals surface area contributed by atoms with Crippen molar-refractivity contribution in [3.8, 4) is 11.4 Å². The molecule has 2 heterocycles. The third-order valence-electron chi connectivity index (χ3n) is 4.34. The number of carbonyl (C=O) groups is 2. The number of carboxylic acids is 1. The van der Waals surface area contributed by atoms with Gasteiger partial charge in [-0.25, -0.2) is 4.39 Å². The molecular formula is C17H19FN4O5. The van der Waals surface area contributed by atoms with Gasteiger partial charge in [0, 0.05) is 12.0 Å². The van der Waals surface area contributed by atoms with Crippen LogP contribution in [-0.4, -0.2) is 54.9 Å². The maximum Gasteiger partial charge on any atom is 0.285 e. The van der Waals surface area contributed by atoms with Crippen LogP contribution in [0.4, 0.5) is 4.39 Å². The van der Waals surface area contributed by atoms with Crippen LogP contribution in [0.1, 0.15) is 18.4 Å². The molecule has 1 aromatic heterocycles. The van der Waals surface area contributed by atoms with Crippen molar-refractivity contribution in [2.45, 2.75) is 18.5 Å². The predicted molar refractivity (Wildman–Crippen MR) is 86.6 cm³/mol. The Morgan fingerprint density at radius 1 is 1.37 bits per heavy atom. The van der Waals surface area contributed by atoms with Gasteiger partial charge in [0.2, 0.25) is 11.7 Å². The molecule has 2 aromatic rings. The molecule has 1 unspecified atom stereocenters. The molecule has 0 spiro atoms. The van der Waals surface area contributed by atoms with Crippen LogP contribution in [0.2, 0.25) is 0 Å². The number of amides is 1. The van der Waals surface area contributed by atoms with Gasteiger partial charge in [-0.3, -0.25) is 4.79 Å². The summed E-state index contributed by atoms with van der Waals surface area (Å²) in [6.07, 6.45) is 0.586. The number of carbonyl (C=O) groups excluding carboxylic acids is 2. The van der Waals surface area contributed by atoms with Crippen LogP contribution in [0.3, 0.4) is 0 Å². The maximum atomic E-state index is 13.0. The average Bonchev–Trinajstić information content (AvgIpc) is 3.22. The molecule has 0 aliphatic carbocycles. The molecule has 10 heteroatoms. The van der Waals surface area contributed by atoms with E-state index in [0.717, 1.165) is 4.90 Å². The van der Waals surface area contributed by atoms with Crippen LogP contribution < -0.4 is 15.3 Å². The number of nitrogens with one attached hydrogen (secondary N) is 2. The Hall–Kier alpha value is -2.85. The zero-order valence-corrected chi connectivity index (χ0v) is 14.6. The highest BCUT2D eigenvalue weighted by molar-refractivity contribution is 5.78. The van der Waals surface area contributed by atoms with Crippen LogP contribution in [0.15, 0.2) is 28.8 Å². The molecule has 144 valence electrons. The van der Waals surface area contributed by atoms with Gasteiger partial charge in [-0.1, -0.05) is 5.16 Å². The van der Waals surface area contributed by atoms with Gasteiger partial charge in [-0.05, 0) is 24.3 Å². The number of ether oxygens (including phenoxy) is 1. The van der Waals surface area contributed by atoms with Crippen molar-refractivity contribution in [3.63, 3.8) is 0 Å². The number of nitrogens with zero attached hydrogens (tertiary/aromatic N) is 2. The Balaban J connectivity index is 1.57. The molecule has 1 saturated heterocycles. The molecule has 0 saturated carbocycles. The summed E-state index contributed by atoms with van der Waals surface area (Å²) in [4.78, 5) is 27.6. The topological polar surface area (TPSA) is 122 Å². The number of hydrogen-bond donors (Lipinski definition) is 2. The SMILES string of the molecule is C[NH+]1C[C@@H](NC(=O)COCC(=O)[O-])C[C@H]1c1nc(-c2ccc(F)cc2)no1. The first-order valence-corrected chi connectivity index (χ1v) is 8.41. The molecule has 3 atom stereocenters. The molecule has 1 aliphatic heterocycles. The van der Waals surface area contributed by atoms with Gasteiger partial charge in [0.1, 0.15) is 12.4 Å². The molecule has 2 N–H and O–H groups in total. The van der Waals surface area contributed by atoms with Gasteiger partial charge < -0.3 is 29.4 Å². The fourth-order valence-electron chi connectivity index (χ4n) is 3.11. The van der Waals surface area contributed by atoms with Crippen molar-refractivity contribution in [1.82, 2.24) is 15.5 Å². The number of hydrogen-bond acceptors (Lipinski definition) is 7. The molecule has 1 aromatic carbocycles. The second kappa shape index (κ2) is 8.23. The third-order valence-corrected chi connectivity index (χ3v) is 4.34. The first kappa shape index (κ1) is 18.9. The van der Waals surface area contributed by atoms with Gasteiger partial charge in [-0.2, -0.15) is 4.98 Å². The smallest absolute Gasteiger partial charge is 0.285 e. The lowest BCUT2D eigenvalue weighted by Crippen LogP contribution is -3.07. The number of rotatable bonds is 7. The predicted octanol–water partition coefficient (Wildman–Crippen LogP) is -1.91. The summed E-state index contributed by atoms with van der Waals surface area (Å²) in [5, 5.41) is 17.0. The Morgan fingerprint density at radius 2 is 2.11 bits per heavy atom. The molecule has 0 bridgehead atoms. The summed E-state index contributed by atoms with van der Waals surface area (Å²) >= 11 is 0. The Bertz CT molecular complexity index is 810. The summed E-state index contributed by atoms with van der Waals surface area (Å²) in [5.74, 6) is -1.30. The minimum atomic E-state index is -1.37. The summed E-state index contributed by atoms with van der Waals surface area (Å²) in [5.41, 5.74) is 0.650. The second-order valence-corrected chi connectivity index (χ2v) is 6.43. The number of halogens is 1. The van der Waals surface area contributed by atoms with Crippen molar-refractivity contribution in [2.75, 3.05) is 26.8 Å². The van der Waals surface area contributed by atoms with E-state index >= 15 is 0 Å². The summed E-state index contributed by atoms with van der Waals surface area (Å²) < 4.78 is 23.1.